The van der Waals surface area contributed by atoms with Gasteiger partial charge in [-0.2, -0.15) is 0 Å². The van der Waals surface area contributed by atoms with Crippen LogP contribution < -0.4 is 5.32 Å². The van der Waals surface area contributed by atoms with Gasteiger partial charge in [0.2, 0.25) is 0 Å². The van der Waals surface area contributed by atoms with Gasteiger partial charge in [0.25, 0.3) is 0 Å². The molecular weight excluding hydrogens is 222 g/mol. The van der Waals surface area contributed by atoms with Crippen molar-refractivity contribution < 1.29 is 0 Å². The maximum atomic E-state index is 4.44. The second-order valence-electron chi connectivity index (χ2n) is 6.09. The summed E-state index contributed by atoms with van der Waals surface area (Å²) in [5.74, 6) is 0.770. The summed E-state index contributed by atoms with van der Waals surface area (Å²) in [6.45, 7) is 3.44. The first-order chi connectivity index (χ1) is 8.84. The van der Waals surface area contributed by atoms with E-state index in [4.69, 9.17) is 0 Å². The molecular formula is C15H25N3. The van der Waals surface area contributed by atoms with Crippen LogP contribution in [-0.2, 0) is 0 Å². The molecule has 1 saturated heterocycles. The highest BCUT2D eigenvalue weighted by Gasteiger charge is 2.25. The van der Waals surface area contributed by atoms with Gasteiger partial charge in [-0.25, -0.2) is 4.98 Å². The van der Waals surface area contributed by atoms with E-state index < -0.39 is 0 Å². The number of hydrogen-bond acceptors (Lipinski definition) is 2. The summed E-state index contributed by atoms with van der Waals surface area (Å²) in [6.07, 6.45) is 13.7. The van der Waals surface area contributed by atoms with Gasteiger partial charge in [0, 0.05) is 29.9 Å². The third kappa shape index (κ3) is 2.46. The molecule has 0 bridgehead atoms. The monoisotopic (exact) mass is 247 g/mol. The second-order valence-corrected chi connectivity index (χ2v) is 6.09. The Hall–Kier alpha value is -0.830. The van der Waals surface area contributed by atoms with Gasteiger partial charge >= 0.3 is 0 Å². The van der Waals surface area contributed by atoms with Gasteiger partial charge in [-0.3, -0.25) is 0 Å². The summed E-state index contributed by atoms with van der Waals surface area (Å²) >= 11 is 0. The topological polar surface area (TPSA) is 29.9 Å². The van der Waals surface area contributed by atoms with E-state index in [1.54, 1.807) is 0 Å². The first kappa shape index (κ1) is 12.2. The zero-order valence-corrected chi connectivity index (χ0v) is 11.4. The van der Waals surface area contributed by atoms with E-state index in [2.05, 4.69) is 34.3 Å². The molecule has 0 spiro atoms. The zero-order valence-electron chi connectivity index (χ0n) is 11.4. The Bertz CT molecular complexity index is 379. The lowest BCUT2D eigenvalue weighted by Gasteiger charge is -2.32. The SMILES string of the molecule is CC1CC(n2cncc2C2CCCCC2)CCN1. The van der Waals surface area contributed by atoms with Crippen molar-refractivity contribution in [2.45, 2.75) is 69.9 Å². The predicted molar refractivity (Wildman–Crippen MR) is 73.8 cm³/mol. The fourth-order valence-corrected chi connectivity index (χ4v) is 3.69. The van der Waals surface area contributed by atoms with Crippen molar-refractivity contribution in [3.8, 4) is 0 Å². The fraction of sp³-hybridized carbons (Fsp3) is 0.800. The highest BCUT2D eigenvalue weighted by Crippen LogP contribution is 2.35. The molecule has 1 aromatic rings. The van der Waals surface area contributed by atoms with Crippen molar-refractivity contribution in [2.75, 3.05) is 6.54 Å². The van der Waals surface area contributed by atoms with Crippen LogP contribution >= 0.6 is 0 Å². The molecule has 18 heavy (non-hydrogen) atoms. The number of aromatic nitrogens is 2. The quantitative estimate of drug-likeness (QED) is 0.869. The van der Waals surface area contributed by atoms with Crippen LogP contribution in [0.4, 0.5) is 0 Å². The van der Waals surface area contributed by atoms with Crippen molar-refractivity contribution in [1.82, 2.24) is 14.9 Å². The van der Waals surface area contributed by atoms with Crippen LogP contribution in [0.3, 0.4) is 0 Å². The number of rotatable bonds is 2. The minimum absolute atomic E-state index is 0.644. The Balaban J connectivity index is 1.77. The Labute approximate surface area is 110 Å². The molecule has 100 valence electrons. The van der Waals surface area contributed by atoms with Crippen molar-refractivity contribution in [2.24, 2.45) is 0 Å². The smallest absolute Gasteiger partial charge is 0.0950 e. The first-order valence-corrected chi connectivity index (χ1v) is 7.59. The fourth-order valence-electron chi connectivity index (χ4n) is 3.69. The molecule has 2 atom stereocenters. The van der Waals surface area contributed by atoms with Crippen LogP contribution in [0.2, 0.25) is 0 Å². The summed E-state index contributed by atoms with van der Waals surface area (Å²) in [7, 11) is 0. The predicted octanol–water partition coefficient (Wildman–Crippen LogP) is 3.24. The van der Waals surface area contributed by atoms with Crippen molar-refractivity contribution in [1.29, 1.82) is 0 Å². The third-order valence-electron chi connectivity index (χ3n) is 4.71. The number of nitrogens with zero attached hydrogens (tertiary/aromatic N) is 2. The van der Waals surface area contributed by atoms with Crippen molar-refractivity contribution in [3.05, 3.63) is 18.2 Å². The molecule has 0 amide bonds. The minimum Gasteiger partial charge on any atom is -0.331 e. The number of piperidine rings is 1. The Morgan fingerprint density at radius 3 is 2.83 bits per heavy atom. The van der Waals surface area contributed by atoms with E-state index in [9.17, 15) is 0 Å². The molecule has 1 aliphatic heterocycles. The number of hydrogen-bond donors (Lipinski definition) is 1. The Kier molecular flexibility index (Phi) is 3.69. The van der Waals surface area contributed by atoms with Crippen LogP contribution in [-0.4, -0.2) is 22.1 Å². The molecule has 0 radical (unpaired) electrons. The molecule has 1 aliphatic carbocycles. The molecule has 1 aromatic heterocycles. The van der Waals surface area contributed by atoms with Gasteiger partial charge < -0.3 is 9.88 Å². The molecule has 3 rings (SSSR count). The normalized spacial score (nSPS) is 30.5. The highest BCUT2D eigenvalue weighted by molar-refractivity contribution is 5.09. The van der Waals surface area contributed by atoms with Crippen LogP contribution in [0.15, 0.2) is 12.5 Å². The lowest BCUT2D eigenvalue weighted by atomic mass is 9.86. The molecule has 1 saturated carbocycles. The summed E-state index contributed by atoms with van der Waals surface area (Å²) in [6, 6.07) is 1.31. The van der Waals surface area contributed by atoms with Gasteiger partial charge in [-0.05, 0) is 39.2 Å². The highest BCUT2D eigenvalue weighted by atomic mass is 15.1. The van der Waals surface area contributed by atoms with Crippen molar-refractivity contribution in [3.63, 3.8) is 0 Å². The molecule has 2 unspecified atom stereocenters. The largest absolute Gasteiger partial charge is 0.331 e. The Morgan fingerprint density at radius 1 is 1.22 bits per heavy atom. The molecule has 0 aromatic carbocycles. The van der Waals surface area contributed by atoms with Gasteiger partial charge in [-0.15, -0.1) is 0 Å². The molecule has 3 nitrogen and oxygen atoms in total. The van der Waals surface area contributed by atoms with Crippen molar-refractivity contribution >= 4 is 0 Å². The van der Waals surface area contributed by atoms with E-state index in [-0.39, 0.29) is 0 Å². The van der Waals surface area contributed by atoms with E-state index in [1.807, 2.05) is 0 Å². The van der Waals surface area contributed by atoms with Gasteiger partial charge in [-0.1, -0.05) is 19.3 Å². The zero-order chi connectivity index (χ0) is 12.4. The lowest BCUT2D eigenvalue weighted by Crippen LogP contribution is -2.37. The second kappa shape index (κ2) is 5.43. The maximum absolute atomic E-state index is 4.44. The van der Waals surface area contributed by atoms with Crippen LogP contribution in [0.1, 0.15) is 69.5 Å². The average molecular weight is 247 g/mol. The number of imidazole rings is 1. The molecule has 2 heterocycles. The van der Waals surface area contributed by atoms with Crippen LogP contribution in [0, 0.1) is 0 Å². The molecule has 2 aliphatic rings. The first-order valence-electron chi connectivity index (χ1n) is 7.59. The summed E-state index contributed by atoms with van der Waals surface area (Å²) in [4.78, 5) is 4.44. The van der Waals surface area contributed by atoms with E-state index >= 15 is 0 Å². The Morgan fingerprint density at radius 2 is 2.06 bits per heavy atom. The van der Waals surface area contributed by atoms with Gasteiger partial charge in [0.1, 0.15) is 0 Å². The van der Waals surface area contributed by atoms with E-state index in [0.29, 0.717) is 12.1 Å². The average Bonchev–Trinajstić information content (AvgIpc) is 2.89. The summed E-state index contributed by atoms with van der Waals surface area (Å²) < 4.78 is 2.49. The van der Waals surface area contributed by atoms with Gasteiger partial charge in [0.15, 0.2) is 0 Å². The van der Waals surface area contributed by atoms with Crippen LogP contribution in [0.5, 0.6) is 0 Å². The third-order valence-corrected chi connectivity index (χ3v) is 4.71. The molecule has 3 heteroatoms. The summed E-state index contributed by atoms with van der Waals surface area (Å²) in [5.41, 5.74) is 1.51. The molecule has 2 fully saturated rings. The van der Waals surface area contributed by atoms with Crippen LogP contribution in [0.25, 0.3) is 0 Å². The number of nitrogens with one attached hydrogen (secondary N) is 1. The lowest BCUT2D eigenvalue weighted by molar-refractivity contribution is 0.299. The maximum Gasteiger partial charge on any atom is 0.0950 e. The summed E-state index contributed by atoms with van der Waals surface area (Å²) in [5, 5.41) is 3.54. The van der Waals surface area contributed by atoms with E-state index in [1.165, 1.54) is 50.6 Å². The van der Waals surface area contributed by atoms with E-state index in [0.717, 1.165) is 12.5 Å². The van der Waals surface area contributed by atoms with Gasteiger partial charge in [0.05, 0.1) is 6.33 Å². The minimum atomic E-state index is 0.644. The standard InChI is InChI=1S/C15H25N3/c1-12-9-14(7-8-17-12)18-11-16-10-15(18)13-5-3-2-4-6-13/h10-14,17H,2-9H2,1H3. The molecule has 1 N–H and O–H groups in total.